The van der Waals surface area contributed by atoms with Gasteiger partial charge in [-0.2, -0.15) is 0 Å². The van der Waals surface area contributed by atoms with Crippen LogP contribution >= 0.6 is 11.3 Å². The Morgan fingerprint density at radius 2 is 1.86 bits per heavy atom. The average Bonchev–Trinajstić information content (AvgIpc) is 3.17. The molecule has 5 nitrogen and oxygen atoms in total. The van der Waals surface area contributed by atoms with E-state index < -0.39 is 5.60 Å². The van der Waals surface area contributed by atoms with Crippen LogP contribution in [0.4, 0.5) is 0 Å². The lowest BCUT2D eigenvalue weighted by atomic mass is 10.0. The summed E-state index contributed by atoms with van der Waals surface area (Å²) >= 11 is 1.58. The number of thiophene rings is 1. The Morgan fingerprint density at radius 3 is 2.36 bits per heavy atom. The molecule has 0 bridgehead atoms. The number of carbonyl (C=O) groups excluding carboxylic acids is 2. The van der Waals surface area contributed by atoms with Crippen LogP contribution in [0.25, 0.3) is 0 Å². The first-order valence-electron chi connectivity index (χ1n) is 9.08. The number of carbonyl (C=O) groups is 2. The fourth-order valence-corrected chi connectivity index (χ4v) is 3.47. The Bertz CT molecular complexity index is 817. The van der Waals surface area contributed by atoms with Crippen LogP contribution in [-0.2, 0) is 20.8 Å². The Kier molecular flexibility index (Phi) is 7.54. The SMILES string of the molecule is C/C=C(/C(=O)OC(C)(C)C)C(NCc1ccc(C(=O)OC)cc1)c1cccs1. The maximum Gasteiger partial charge on any atom is 0.337 e. The minimum absolute atomic E-state index is 0.278. The molecule has 28 heavy (non-hydrogen) atoms. The molecule has 0 radical (unpaired) electrons. The van der Waals surface area contributed by atoms with E-state index in [-0.39, 0.29) is 18.0 Å². The van der Waals surface area contributed by atoms with Crippen molar-refractivity contribution < 1.29 is 19.1 Å². The lowest BCUT2D eigenvalue weighted by molar-refractivity contribution is -0.150. The molecule has 0 spiro atoms. The van der Waals surface area contributed by atoms with Crippen LogP contribution < -0.4 is 5.32 Å². The first kappa shape index (κ1) is 21.9. The Balaban J connectivity index is 2.18. The van der Waals surface area contributed by atoms with Gasteiger partial charge in [0, 0.05) is 11.4 Å². The molecule has 2 rings (SSSR count). The highest BCUT2D eigenvalue weighted by molar-refractivity contribution is 7.10. The van der Waals surface area contributed by atoms with Crippen LogP contribution in [0.2, 0.25) is 0 Å². The van der Waals surface area contributed by atoms with E-state index in [0.29, 0.717) is 17.7 Å². The molecule has 2 aromatic rings. The second-order valence-electron chi connectivity index (χ2n) is 7.26. The molecule has 0 aliphatic rings. The molecular formula is C22H27NO4S. The largest absolute Gasteiger partial charge is 0.465 e. The van der Waals surface area contributed by atoms with Gasteiger partial charge in [0.1, 0.15) is 5.60 Å². The zero-order valence-electron chi connectivity index (χ0n) is 16.9. The Morgan fingerprint density at radius 1 is 1.18 bits per heavy atom. The van der Waals surface area contributed by atoms with Gasteiger partial charge in [-0.3, -0.25) is 0 Å². The van der Waals surface area contributed by atoms with Gasteiger partial charge in [0.25, 0.3) is 0 Å². The summed E-state index contributed by atoms with van der Waals surface area (Å²) in [6.07, 6.45) is 1.80. The topological polar surface area (TPSA) is 64.6 Å². The fraction of sp³-hybridized carbons (Fsp3) is 0.364. The number of allylic oxidation sites excluding steroid dienone is 1. The predicted octanol–water partition coefficient (Wildman–Crippen LogP) is 4.65. The molecular weight excluding hydrogens is 374 g/mol. The molecule has 0 aliphatic heterocycles. The van der Waals surface area contributed by atoms with Crippen molar-refractivity contribution in [2.24, 2.45) is 0 Å². The summed E-state index contributed by atoms with van der Waals surface area (Å²) in [5.41, 5.74) is 1.51. The fourth-order valence-electron chi connectivity index (χ4n) is 2.66. The number of nitrogens with one attached hydrogen (secondary N) is 1. The number of rotatable bonds is 7. The number of esters is 2. The second kappa shape index (κ2) is 9.66. The van der Waals surface area contributed by atoms with E-state index in [9.17, 15) is 9.59 Å². The summed E-state index contributed by atoms with van der Waals surface area (Å²) < 4.78 is 10.3. The molecule has 0 fully saturated rings. The molecule has 1 unspecified atom stereocenters. The monoisotopic (exact) mass is 401 g/mol. The van der Waals surface area contributed by atoms with Crippen LogP contribution in [0.5, 0.6) is 0 Å². The van der Waals surface area contributed by atoms with Gasteiger partial charge in [0.05, 0.1) is 24.3 Å². The minimum atomic E-state index is -0.560. The van der Waals surface area contributed by atoms with Crippen LogP contribution in [0.1, 0.15) is 54.5 Å². The Labute approximate surface area is 170 Å². The average molecular weight is 402 g/mol. The molecule has 1 N–H and O–H groups in total. The minimum Gasteiger partial charge on any atom is -0.465 e. The van der Waals surface area contributed by atoms with E-state index in [1.807, 2.05) is 57.3 Å². The highest BCUT2D eigenvalue weighted by Crippen LogP contribution is 2.28. The molecule has 1 heterocycles. The van der Waals surface area contributed by atoms with Gasteiger partial charge in [-0.1, -0.05) is 24.3 Å². The maximum absolute atomic E-state index is 12.7. The van der Waals surface area contributed by atoms with Gasteiger partial charge >= 0.3 is 11.9 Å². The third-order valence-electron chi connectivity index (χ3n) is 3.97. The van der Waals surface area contributed by atoms with Crippen molar-refractivity contribution in [3.05, 3.63) is 69.4 Å². The zero-order chi connectivity index (χ0) is 20.7. The van der Waals surface area contributed by atoms with Crippen LogP contribution in [0.3, 0.4) is 0 Å². The molecule has 0 aliphatic carbocycles. The van der Waals surface area contributed by atoms with Crippen molar-refractivity contribution in [2.75, 3.05) is 7.11 Å². The van der Waals surface area contributed by atoms with Crippen LogP contribution in [0.15, 0.2) is 53.4 Å². The van der Waals surface area contributed by atoms with Gasteiger partial charge in [-0.05, 0) is 56.8 Å². The quantitative estimate of drug-likeness (QED) is 0.540. The second-order valence-corrected chi connectivity index (χ2v) is 8.24. The molecule has 1 atom stereocenters. The Hall–Kier alpha value is -2.44. The van der Waals surface area contributed by atoms with Crippen molar-refractivity contribution in [3.8, 4) is 0 Å². The summed E-state index contributed by atoms with van der Waals surface area (Å²) in [6, 6.07) is 10.9. The lowest BCUT2D eigenvalue weighted by Gasteiger charge is -2.25. The van der Waals surface area contributed by atoms with E-state index in [2.05, 4.69) is 5.32 Å². The third kappa shape index (κ3) is 6.04. The number of methoxy groups -OCH3 is 1. The highest BCUT2D eigenvalue weighted by atomic mass is 32.1. The van der Waals surface area contributed by atoms with Gasteiger partial charge in [-0.15, -0.1) is 11.3 Å². The van der Waals surface area contributed by atoms with Gasteiger partial charge in [-0.25, -0.2) is 9.59 Å². The van der Waals surface area contributed by atoms with Crippen molar-refractivity contribution in [3.63, 3.8) is 0 Å². The summed E-state index contributed by atoms with van der Waals surface area (Å²) in [7, 11) is 1.36. The van der Waals surface area contributed by atoms with Gasteiger partial charge in [0.2, 0.25) is 0 Å². The molecule has 1 aromatic carbocycles. The first-order valence-corrected chi connectivity index (χ1v) is 9.96. The van der Waals surface area contributed by atoms with E-state index in [1.54, 1.807) is 29.5 Å². The van der Waals surface area contributed by atoms with E-state index in [4.69, 9.17) is 9.47 Å². The van der Waals surface area contributed by atoms with Crippen molar-refractivity contribution >= 4 is 23.3 Å². The summed E-state index contributed by atoms with van der Waals surface area (Å²) in [6.45, 7) is 7.94. The number of benzene rings is 1. The molecule has 6 heteroatoms. The van der Waals surface area contributed by atoms with Crippen molar-refractivity contribution in [1.82, 2.24) is 5.32 Å². The predicted molar refractivity (Wildman–Crippen MR) is 111 cm³/mol. The summed E-state index contributed by atoms with van der Waals surface area (Å²) in [5, 5.41) is 5.43. The number of ether oxygens (including phenoxy) is 2. The molecule has 0 saturated carbocycles. The van der Waals surface area contributed by atoms with Crippen LogP contribution in [-0.4, -0.2) is 24.6 Å². The van der Waals surface area contributed by atoms with E-state index in [1.165, 1.54) is 7.11 Å². The smallest absolute Gasteiger partial charge is 0.337 e. The van der Waals surface area contributed by atoms with E-state index >= 15 is 0 Å². The summed E-state index contributed by atoms with van der Waals surface area (Å²) in [5.74, 6) is -0.695. The van der Waals surface area contributed by atoms with Gasteiger partial charge in [0.15, 0.2) is 0 Å². The van der Waals surface area contributed by atoms with E-state index in [0.717, 1.165) is 10.4 Å². The molecule has 0 amide bonds. The first-order chi connectivity index (χ1) is 13.2. The lowest BCUT2D eigenvalue weighted by Crippen LogP contribution is -2.31. The van der Waals surface area contributed by atoms with Crippen molar-refractivity contribution in [1.29, 1.82) is 0 Å². The maximum atomic E-state index is 12.7. The molecule has 1 aromatic heterocycles. The van der Waals surface area contributed by atoms with Crippen LogP contribution in [0, 0.1) is 0 Å². The standard InChI is InChI=1S/C22H27NO4S/c1-6-17(21(25)27-22(2,3)4)19(18-8-7-13-28-18)23-14-15-9-11-16(12-10-15)20(24)26-5/h6-13,19,23H,14H2,1-5H3/b17-6+. The van der Waals surface area contributed by atoms with Crippen molar-refractivity contribution in [2.45, 2.75) is 45.9 Å². The highest BCUT2D eigenvalue weighted by Gasteiger charge is 2.27. The normalized spacial score (nSPS) is 13.1. The number of hydrogen-bond acceptors (Lipinski definition) is 6. The third-order valence-corrected chi connectivity index (χ3v) is 4.91. The molecule has 150 valence electrons. The zero-order valence-corrected chi connectivity index (χ0v) is 17.8. The van der Waals surface area contributed by atoms with Gasteiger partial charge < -0.3 is 14.8 Å². The molecule has 0 saturated heterocycles. The summed E-state index contributed by atoms with van der Waals surface area (Å²) in [4.78, 5) is 25.3. The number of hydrogen-bond donors (Lipinski definition) is 1.